The number of hydrogen-bond donors (Lipinski definition) is 1. The first-order chi connectivity index (χ1) is 7.63. The standard InChI is InChI=1S/C11H18N2O2S/c1-4-15-11(14)8(2)12-6-5-10-7-16-9(3)13-10/h7-8,12H,4-6H2,1-3H3. The van der Waals surface area contributed by atoms with Crippen LogP contribution in [0, 0.1) is 6.92 Å². The SMILES string of the molecule is CCOC(=O)C(C)NCCc1csc(C)n1. The first-order valence-corrected chi connectivity index (χ1v) is 6.32. The van der Waals surface area contributed by atoms with E-state index in [0.717, 1.165) is 23.7 Å². The van der Waals surface area contributed by atoms with Crippen molar-refractivity contribution in [3.63, 3.8) is 0 Å². The summed E-state index contributed by atoms with van der Waals surface area (Å²) >= 11 is 1.65. The van der Waals surface area contributed by atoms with E-state index in [9.17, 15) is 4.79 Å². The van der Waals surface area contributed by atoms with Gasteiger partial charge in [0.1, 0.15) is 6.04 Å². The smallest absolute Gasteiger partial charge is 0.322 e. The molecule has 90 valence electrons. The maximum absolute atomic E-state index is 11.3. The minimum absolute atomic E-state index is 0.197. The average molecular weight is 242 g/mol. The Bertz CT molecular complexity index is 338. The molecular formula is C11H18N2O2S. The van der Waals surface area contributed by atoms with E-state index in [1.54, 1.807) is 11.3 Å². The number of rotatable bonds is 6. The molecule has 0 spiro atoms. The van der Waals surface area contributed by atoms with Gasteiger partial charge in [-0.05, 0) is 20.8 Å². The second-order valence-electron chi connectivity index (χ2n) is 3.54. The molecule has 0 saturated heterocycles. The first kappa shape index (κ1) is 13.1. The predicted octanol–water partition coefficient (Wildman–Crippen LogP) is 1.54. The summed E-state index contributed by atoms with van der Waals surface area (Å²) in [7, 11) is 0. The highest BCUT2D eigenvalue weighted by Crippen LogP contribution is 2.07. The van der Waals surface area contributed by atoms with Crippen LogP contribution in [0.2, 0.25) is 0 Å². The summed E-state index contributed by atoms with van der Waals surface area (Å²) < 4.78 is 4.90. The van der Waals surface area contributed by atoms with Gasteiger partial charge in [0.15, 0.2) is 0 Å². The van der Waals surface area contributed by atoms with Crippen molar-refractivity contribution in [3.05, 3.63) is 16.1 Å². The van der Waals surface area contributed by atoms with E-state index in [4.69, 9.17) is 4.74 Å². The summed E-state index contributed by atoms with van der Waals surface area (Å²) in [6.45, 7) is 6.77. The van der Waals surface area contributed by atoms with Crippen molar-refractivity contribution in [2.24, 2.45) is 0 Å². The molecule has 0 aromatic carbocycles. The third kappa shape index (κ3) is 4.28. The maximum atomic E-state index is 11.3. The zero-order valence-electron chi connectivity index (χ0n) is 9.95. The molecule has 0 aliphatic heterocycles. The van der Waals surface area contributed by atoms with Gasteiger partial charge in [-0.2, -0.15) is 0 Å². The van der Waals surface area contributed by atoms with Crippen molar-refractivity contribution in [1.82, 2.24) is 10.3 Å². The Morgan fingerprint density at radius 1 is 1.69 bits per heavy atom. The summed E-state index contributed by atoms with van der Waals surface area (Å²) in [6.07, 6.45) is 0.841. The van der Waals surface area contributed by atoms with Crippen molar-refractivity contribution in [2.75, 3.05) is 13.2 Å². The van der Waals surface area contributed by atoms with E-state index in [1.807, 2.05) is 26.2 Å². The fourth-order valence-electron chi connectivity index (χ4n) is 1.29. The number of aromatic nitrogens is 1. The maximum Gasteiger partial charge on any atom is 0.322 e. The van der Waals surface area contributed by atoms with E-state index in [-0.39, 0.29) is 12.0 Å². The van der Waals surface area contributed by atoms with Crippen molar-refractivity contribution in [2.45, 2.75) is 33.2 Å². The van der Waals surface area contributed by atoms with Crippen molar-refractivity contribution < 1.29 is 9.53 Å². The van der Waals surface area contributed by atoms with Crippen LogP contribution >= 0.6 is 11.3 Å². The van der Waals surface area contributed by atoms with Crippen LogP contribution in [0.15, 0.2) is 5.38 Å². The normalized spacial score (nSPS) is 12.4. The van der Waals surface area contributed by atoms with Gasteiger partial charge >= 0.3 is 5.97 Å². The molecule has 0 amide bonds. The lowest BCUT2D eigenvalue weighted by Gasteiger charge is -2.11. The lowest BCUT2D eigenvalue weighted by molar-refractivity contribution is -0.145. The highest BCUT2D eigenvalue weighted by molar-refractivity contribution is 7.09. The molecule has 0 bridgehead atoms. The van der Waals surface area contributed by atoms with Gasteiger partial charge in [-0.3, -0.25) is 4.79 Å². The molecule has 1 rings (SSSR count). The van der Waals surface area contributed by atoms with Gasteiger partial charge in [0.2, 0.25) is 0 Å². The van der Waals surface area contributed by atoms with Crippen molar-refractivity contribution in [3.8, 4) is 0 Å². The van der Waals surface area contributed by atoms with Crippen molar-refractivity contribution >= 4 is 17.3 Å². The number of ether oxygens (including phenoxy) is 1. The van der Waals surface area contributed by atoms with Crippen LogP contribution in [0.5, 0.6) is 0 Å². The summed E-state index contributed by atoms with van der Waals surface area (Å²) in [5.74, 6) is -0.197. The molecule has 0 aliphatic rings. The molecule has 1 aromatic rings. The van der Waals surface area contributed by atoms with E-state index < -0.39 is 0 Å². The summed E-state index contributed by atoms with van der Waals surface area (Å²) in [4.78, 5) is 15.6. The van der Waals surface area contributed by atoms with Crippen LogP contribution in [0.25, 0.3) is 0 Å². The van der Waals surface area contributed by atoms with Crippen molar-refractivity contribution in [1.29, 1.82) is 0 Å². The van der Waals surface area contributed by atoms with Gasteiger partial charge in [-0.25, -0.2) is 4.98 Å². The number of nitrogens with zero attached hydrogens (tertiary/aromatic N) is 1. The summed E-state index contributed by atoms with van der Waals surface area (Å²) in [5, 5.41) is 6.24. The highest BCUT2D eigenvalue weighted by atomic mass is 32.1. The number of thiazole rings is 1. The topological polar surface area (TPSA) is 51.2 Å². The minimum Gasteiger partial charge on any atom is -0.465 e. The molecule has 1 aromatic heterocycles. The summed E-state index contributed by atoms with van der Waals surface area (Å²) in [5.41, 5.74) is 1.08. The van der Waals surface area contributed by atoms with E-state index in [0.29, 0.717) is 6.61 Å². The molecule has 0 radical (unpaired) electrons. The van der Waals surface area contributed by atoms with E-state index in [1.165, 1.54) is 0 Å². The van der Waals surface area contributed by atoms with E-state index in [2.05, 4.69) is 10.3 Å². The highest BCUT2D eigenvalue weighted by Gasteiger charge is 2.12. The van der Waals surface area contributed by atoms with Gasteiger partial charge in [-0.15, -0.1) is 11.3 Å². The molecule has 16 heavy (non-hydrogen) atoms. The molecular weight excluding hydrogens is 224 g/mol. The minimum atomic E-state index is -0.250. The number of esters is 1. The number of carbonyl (C=O) groups excluding carboxylic acids is 1. The molecule has 1 atom stereocenters. The quantitative estimate of drug-likeness (QED) is 0.769. The third-order valence-electron chi connectivity index (χ3n) is 2.14. The fraction of sp³-hybridized carbons (Fsp3) is 0.636. The Hall–Kier alpha value is -0.940. The van der Waals surface area contributed by atoms with Gasteiger partial charge in [0, 0.05) is 18.3 Å². The number of carbonyl (C=O) groups is 1. The van der Waals surface area contributed by atoms with Gasteiger partial charge in [0.25, 0.3) is 0 Å². The monoisotopic (exact) mass is 242 g/mol. The van der Waals surface area contributed by atoms with Gasteiger partial charge < -0.3 is 10.1 Å². The lowest BCUT2D eigenvalue weighted by atomic mass is 10.3. The second kappa shape index (κ2) is 6.60. The summed E-state index contributed by atoms with van der Waals surface area (Å²) in [6, 6.07) is -0.250. The first-order valence-electron chi connectivity index (χ1n) is 5.44. The van der Waals surface area contributed by atoms with Gasteiger partial charge in [0.05, 0.1) is 17.3 Å². The Labute approximate surface area is 100 Å². The molecule has 1 heterocycles. The average Bonchev–Trinajstić information content (AvgIpc) is 2.64. The Kier molecular flexibility index (Phi) is 5.42. The largest absolute Gasteiger partial charge is 0.465 e. The van der Waals surface area contributed by atoms with Crippen LogP contribution in [0.1, 0.15) is 24.5 Å². The molecule has 0 saturated carbocycles. The molecule has 1 unspecified atom stereocenters. The molecule has 0 aliphatic carbocycles. The Morgan fingerprint density at radius 2 is 2.44 bits per heavy atom. The number of nitrogens with one attached hydrogen (secondary N) is 1. The number of hydrogen-bond acceptors (Lipinski definition) is 5. The Balaban J connectivity index is 2.22. The van der Waals surface area contributed by atoms with Crippen LogP contribution in [0.3, 0.4) is 0 Å². The second-order valence-corrected chi connectivity index (χ2v) is 4.60. The Morgan fingerprint density at radius 3 is 3.00 bits per heavy atom. The lowest BCUT2D eigenvalue weighted by Crippen LogP contribution is -2.36. The zero-order valence-corrected chi connectivity index (χ0v) is 10.8. The predicted molar refractivity (Wildman–Crippen MR) is 64.7 cm³/mol. The fourth-order valence-corrected chi connectivity index (χ4v) is 1.94. The molecule has 0 fully saturated rings. The van der Waals surface area contributed by atoms with Crippen LogP contribution in [0.4, 0.5) is 0 Å². The third-order valence-corrected chi connectivity index (χ3v) is 2.96. The van der Waals surface area contributed by atoms with Crippen LogP contribution < -0.4 is 5.32 Å². The molecule has 1 N–H and O–H groups in total. The van der Waals surface area contributed by atoms with Crippen LogP contribution in [-0.2, 0) is 16.0 Å². The molecule has 5 heteroatoms. The van der Waals surface area contributed by atoms with Gasteiger partial charge in [-0.1, -0.05) is 0 Å². The van der Waals surface area contributed by atoms with E-state index >= 15 is 0 Å². The zero-order chi connectivity index (χ0) is 12.0. The van der Waals surface area contributed by atoms with Crippen LogP contribution in [-0.4, -0.2) is 30.1 Å². The molecule has 4 nitrogen and oxygen atoms in total. The number of aryl methyl sites for hydroxylation is 1.